The van der Waals surface area contributed by atoms with E-state index in [1.54, 1.807) is 19.0 Å². The lowest BCUT2D eigenvalue weighted by atomic mass is 9.97. The molecule has 1 N–H and O–H groups in total. The minimum absolute atomic E-state index is 0.0362. The molecule has 0 bridgehead atoms. The molecule has 1 heterocycles. The number of halogens is 2. The lowest BCUT2D eigenvalue weighted by molar-refractivity contribution is -0.121. The molecule has 1 fully saturated rings. The smallest absolute Gasteiger partial charge is 0.319 e. The van der Waals surface area contributed by atoms with Gasteiger partial charge in [0.05, 0.1) is 10.9 Å². The minimum Gasteiger partial charge on any atom is -0.331 e. The number of carbonyl (C=O) groups is 2. The van der Waals surface area contributed by atoms with Gasteiger partial charge in [-0.2, -0.15) is 0 Å². The van der Waals surface area contributed by atoms with Gasteiger partial charge in [-0.05, 0) is 31.0 Å². The zero-order valence-electron chi connectivity index (χ0n) is 12.6. The Balaban J connectivity index is 1.99. The minimum atomic E-state index is -0.528. The van der Waals surface area contributed by atoms with Crippen molar-refractivity contribution >= 4 is 29.2 Å². The van der Waals surface area contributed by atoms with E-state index in [4.69, 9.17) is 11.6 Å². The Labute approximate surface area is 134 Å². The fourth-order valence-electron chi connectivity index (χ4n) is 2.47. The van der Waals surface area contributed by atoms with Crippen molar-refractivity contribution in [1.29, 1.82) is 0 Å². The third-order valence-electron chi connectivity index (χ3n) is 3.63. The van der Waals surface area contributed by atoms with Crippen LogP contribution in [0.5, 0.6) is 0 Å². The molecule has 3 amide bonds. The van der Waals surface area contributed by atoms with Crippen molar-refractivity contribution in [3.05, 3.63) is 29.0 Å². The van der Waals surface area contributed by atoms with E-state index in [0.29, 0.717) is 18.8 Å². The van der Waals surface area contributed by atoms with Crippen molar-refractivity contribution in [2.45, 2.75) is 12.8 Å². The molecule has 0 unspecified atom stereocenters. The monoisotopic (exact) mass is 327 g/mol. The number of urea groups is 1. The first-order valence-electron chi connectivity index (χ1n) is 7.10. The molecule has 22 heavy (non-hydrogen) atoms. The van der Waals surface area contributed by atoms with Gasteiger partial charge >= 0.3 is 6.03 Å². The number of hydrogen-bond acceptors (Lipinski definition) is 2. The molecule has 1 aliphatic heterocycles. The van der Waals surface area contributed by atoms with Crippen LogP contribution in [0.2, 0.25) is 5.02 Å². The summed E-state index contributed by atoms with van der Waals surface area (Å²) in [5.41, 5.74) is 0.451. The molecule has 0 spiro atoms. The van der Waals surface area contributed by atoms with Crippen molar-refractivity contribution in [2.75, 3.05) is 32.5 Å². The molecule has 0 aliphatic carbocycles. The predicted molar refractivity (Wildman–Crippen MR) is 83.4 cm³/mol. The van der Waals surface area contributed by atoms with E-state index in [-0.39, 0.29) is 22.9 Å². The lowest BCUT2D eigenvalue weighted by Crippen LogP contribution is -2.47. The van der Waals surface area contributed by atoms with Gasteiger partial charge in [0.2, 0.25) is 5.91 Å². The summed E-state index contributed by atoms with van der Waals surface area (Å²) >= 11 is 5.70. The Morgan fingerprint density at radius 3 is 2.77 bits per heavy atom. The van der Waals surface area contributed by atoms with Crippen LogP contribution in [0.15, 0.2) is 18.2 Å². The predicted octanol–water partition coefficient (Wildman–Crippen LogP) is 2.81. The number of hydrogen-bond donors (Lipinski definition) is 1. The number of piperidine rings is 1. The standard InChI is InChI=1S/C15H19ClFN3O2/c1-19(2)15(22)20-7-3-4-10(9-20)14(21)18-11-5-6-13(17)12(16)8-11/h5-6,8,10H,3-4,7,9H2,1-2H3,(H,18,21)/t10-/m1/s1. The van der Waals surface area contributed by atoms with E-state index >= 15 is 0 Å². The van der Waals surface area contributed by atoms with E-state index in [2.05, 4.69) is 5.32 Å². The SMILES string of the molecule is CN(C)C(=O)N1CCC[C@@H](C(=O)Nc2ccc(F)c(Cl)c2)C1. The van der Waals surface area contributed by atoms with Gasteiger partial charge in [0.15, 0.2) is 0 Å². The number of benzene rings is 1. The number of nitrogens with one attached hydrogen (secondary N) is 1. The number of carbonyl (C=O) groups excluding carboxylic acids is 2. The summed E-state index contributed by atoms with van der Waals surface area (Å²) < 4.78 is 13.1. The van der Waals surface area contributed by atoms with E-state index < -0.39 is 5.82 Å². The molecular formula is C15H19ClFN3O2. The van der Waals surface area contributed by atoms with Crippen molar-refractivity contribution < 1.29 is 14.0 Å². The fraction of sp³-hybridized carbons (Fsp3) is 0.467. The molecule has 0 aromatic heterocycles. The number of nitrogens with zero attached hydrogens (tertiary/aromatic N) is 2. The van der Waals surface area contributed by atoms with Crippen molar-refractivity contribution in [2.24, 2.45) is 5.92 Å². The average Bonchev–Trinajstić information content (AvgIpc) is 2.50. The summed E-state index contributed by atoms with van der Waals surface area (Å²) in [6.07, 6.45) is 1.50. The normalized spacial score (nSPS) is 18.0. The van der Waals surface area contributed by atoms with Gasteiger partial charge < -0.3 is 15.1 Å². The summed E-state index contributed by atoms with van der Waals surface area (Å²) in [6.45, 7) is 1.04. The summed E-state index contributed by atoms with van der Waals surface area (Å²) in [6, 6.07) is 3.95. The lowest BCUT2D eigenvalue weighted by Gasteiger charge is -2.33. The zero-order chi connectivity index (χ0) is 16.3. The molecule has 7 heteroatoms. The molecule has 1 aromatic carbocycles. The molecule has 2 rings (SSSR count). The van der Waals surface area contributed by atoms with Gasteiger partial charge in [-0.25, -0.2) is 9.18 Å². The Bertz CT molecular complexity index is 580. The molecule has 120 valence electrons. The van der Waals surface area contributed by atoms with Crippen molar-refractivity contribution in [1.82, 2.24) is 9.80 Å². The highest BCUT2D eigenvalue weighted by molar-refractivity contribution is 6.31. The highest BCUT2D eigenvalue weighted by Crippen LogP contribution is 2.22. The summed E-state index contributed by atoms with van der Waals surface area (Å²) in [5.74, 6) is -0.986. The molecule has 1 saturated heterocycles. The van der Waals surface area contributed by atoms with Crippen molar-refractivity contribution in [3.63, 3.8) is 0 Å². The maximum absolute atomic E-state index is 13.1. The second kappa shape index (κ2) is 6.96. The van der Waals surface area contributed by atoms with Crippen LogP contribution in [0.25, 0.3) is 0 Å². The second-order valence-electron chi connectivity index (χ2n) is 5.58. The molecule has 1 aromatic rings. The zero-order valence-corrected chi connectivity index (χ0v) is 13.4. The molecule has 5 nitrogen and oxygen atoms in total. The molecule has 0 saturated carbocycles. The third-order valence-corrected chi connectivity index (χ3v) is 3.92. The van der Waals surface area contributed by atoms with Gasteiger partial charge in [-0.1, -0.05) is 11.6 Å². The largest absolute Gasteiger partial charge is 0.331 e. The summed E-state index contributed by atoms with van der Waals surface area (Å²) in [7, 11) is 3.37. The Kier molecular flexibility index (Phi) is 5.24. The first kappa shape index (κ1) is 16.5. The summed E-state index contributed by atoms with van der Waals surface area (Å²) in [4.78, 5) is 27.4. The van der Waals surface area contributed by atoms with Crippen LogP contribution in [0.4, 0.5) is 14.9 Å². The second-order valence-corrected chi connectivity index (χ2v) is 5.99. The van der Waals surface area contributed by atoms with E-state index in [9.17, 15) is 14.0 Å². The van der Waals surface area contributed by atoms with Gasteiger partial charge in [0.1, 0.15) is 5.82 Å². The first-order chi connectivity index (χ1) is 10.4. The van der Waals surface area contributed by atoms with Crippen LogP contribution in [-0.4, -0.2) is 48.9 Å². The number of rotatable bonds is 2. The maximum atomic E-state index is 13.1. The topological polar surface area (TPSA) is 52.7 Å². The van der Waals surface area contributed by atoms with Crippen LogP contribution in [0.3, 0.4) is 0 Å². The van der Waals surface area contributed by atoms with Crippen LogP contribution >= 0.6 is 11.6 Å². The number of amides is 3. The van der Waals surface area contributed by atoms with Crippen LogP contribution < -0.4 is 5.32 Å². The Morgan fingerprint density at radius 1 is 1.41 bits per heavy atom. The average molecular weight is 328 g/mol. The Hall–Kier alpha value is -1.82. The van der Waals surface area contributed by atoms with Crippen molar-refractivity contribution in [3.8, 4) is 0 Å². The third kappa shape index (κ3) is 3.88. The molecule has 1 atom stereocenters. The summed E-state index contributed by atoms with van der Waals surface area (Å²) in [5, 5.41) is 2.69. The molecular weight excluding hydrogens is 309 g/mol. The quantitative estimate of drug-likeness (QED) is 0.908. The van der Waals surface area contributed by atoms with E-state index in [1.807, 2.05) is 0 Å². The highest BCUT2D eigenvalue weighted by Gasteiger charge is 2.29. The number of likely N-dealkylation sites (tertiary alicyclic amines) is 1. The van der Waals surface area contributed by atoms with Crippen LogP contribution in [-0.2, 0) is 4.79 Å². The first-order valence-corrected chi connectivity index (χ1v) is 7.48. The maximum Gasteiger partial charge on any atom is 0.319 e. The molecule has 0 radical (unpaired) electrons. The van der Waals surface area contributed by atoms with E-state index in [0.717, 1.165) is 12.8 Å². The Morgan fingerprint density at radius 2 is 2.14 bits per heavy atom. The highest BCUT2D eigenvalue weighted by atomic mass is 35.5. The van der Waals surface area contributed by atoms with Gasteiger partial charge in [0.25, 0.3) is 0 Å². The van der Waals surface area contributed by atoms with Gasteiger partial charge in [-0.15, -0.1) is 0 Å². The fourth-order valence-corrected chi connectivity index (χ4v) is 2.65. The number of anilines is 1. The van der Waals surface area contributed by atoms with Gasteiger partial charge in [0, 0.05) is 32.9 Å². The van der Waals surface area contributed by atoms with E-state index in [1.165, 1.54) is 23.1 Å². The molecule has 1 aliphatic rings. The van der Waals surface area contributed by atoms with Crippen LogP contribution in [0.1, 0.15) is 12.8 Å². The van der Waals surface area contributed by atoms with Gasteiger partial charge in [-0.3, -0.25) is 4.79 Å². The van der Waals surface area contributed by atoms with Crippen LogP contribution in [0, 0.1) is 11.7 Å².